The van der Waals surface area contributed by atoms with E-state index in [1.54, 1.807) is 19.9 Å². The summed E-state index contributed by atoms with van der Waals surface area (Å²) in [5.74, 6) is -0.762. The van der Waals surface area contributed by atoms with Crippen molar-refractivity contribution in [2.75, 3.05) is 5.32 Å². The minimum atomic E-state index is -4.31. The summed E-state index contributed by atoms with van der Waals surface area (Å²) in [6.07, 6.45) is 0. The van der Waals surface area contributed by atoms with Crippen molar-refractivity contribution in [3.8, 4) is 0 Å². The Morgan fingerprint density at radius 3 is 2.23 bits per heavy atom. The number of aliphatic hydroxyl groups is 1. The molecule has 31 heavy (non-hydrogen) atoms. The third kappa shape index (κ3) is 5.96. The fourth-order valence-electron chi connectivity index (χ4n) is 3.19. The Kier molecular flexibility index (Phi) is 7.40. The standard InChI is InChI=1S/C22H28ClFN2O4S/c1-12(2)17-7-8-18(24)19(13(3)4)20(17)25-21(27)26-31(29,30)16-10-14(22(5,6)28)9-15(23)11-16/h7-13,28H,1-6H3,(H2,25,26,27). The molecule has 0 saturated heterocycles. The molecule has 0 bridgehead atoms. The zero-order valence-electron chi connectivity index (χ0n) is 18.4. The van der Waals surface area contributed by atoms with E-state index in [-0.39, 0.29) is 33.0 Å². The molecular weight excluding hydrogens is 443 g/mol. The maximum atomic E-state index is 14.5. The zero-order valence-corrected chi connectivity index (χ0v) is 20.0. The van der Waals surface area contributed by atoms with Crippen molar-refractivity contribution >= 4 is 33.3 Å². The van der Waals surface area contributed by atoms with Gasteiger partial charge in [-0.1, -0.05) is 45.4 Å². The largest absolute Gasteiger partial charge is 0.386 e. The van der Waals surface area contributed by atoms with Crippen LogP contribution in [-0.2, 0) is 15.6 Å². The molecule has 0 spiro atoms. The maximum absolute atomic E-state index is 14.5. The summed E-state index contributed by atoms with van der Waals surface area (Å²) in [6.45, 7) is 10.3. The first-order chi connectivity index (χ1) is 14.1. The number of hydrogen-bond donors (Lipinski definition) is 3. The first kappa shape index (κ1) is 25.1. The Labute approximate surface area is 187 Å². The van der Waals surface area contributed by atoms with Crippen LogP contribution in [0.15, 0.2) is 35.2 Å². The van der Waals surface area contributed by atoms with Gasteiger partial charge in [0.05, 0.1) is 16.2 Å². The van der Waals surface area contributed by atoms with E-state index in [4.69, 9.17) is 11.6 Å². The molecule has 9 heteroatoms. The highest BCUT2D eigenvalue weighted by Crippen LogP contribution is 2.34. The molecule has 0 fully saturated rings. The number of amides is 2. The van der Waals surface area contributed by atoms with Gasteiger partial charge in [0.25, 0.3) is 10.0 Å². The smallest absolute Gasteiger partial charge is 0.333 e. The number of rotatable bonds is 6. The van der Waals surface area contributed by atoms with Crippen LogP contribution in [0.2, 0.25) is 5.02 Å². The molecule has 0 aliphatic carbocycles. The Hall–Kier alpha value is -2.16. The molecule has 0 heterocycles. The molecule has 2 aromatic carbocycles. The Morgan fingerprint density at radius 2 is 1.71 bits per heavy atom. The molecule has 0 aliphatic heterocycles. The summed E-state index contributed by atoms with van der Waals surface area (Å²) in [6, 6.07) is 5.74. The van der Waals surface area contributed by atoms with Crippen molar-refractivity contribution in [3.05, 3.63) is 57.9 Å². The van der Waals surface area contributed by atoms with Crippen LogP contribution in [0.3, 0.4) is 0 Å². The van der Waals surface area contributed by atoms with Crippen LogP contribution in [-0.4, -0.2) is 19.6 Å². The van der Waals surface area contributed by atoms with Gasteiger partial charge in [-0.15, -0.1) is 0 Å². The van der Waals surface area contributed by atoms with E-state index >= 15 is 0 Å². The van der Waals surface area contributed by atoms with Gasteiger partial charge in [-0.3, -0.25) is 0 Å². The number of sulfonamides is 1. The molecule has 0 aromatic heterocycles. The molecule has 0 radical (unpaired) electrons. The molecule has 170 valence electrons. The highest BCUT2D eigenvalue weighted by atomic mass is 35.5. The predicted octanol–water partition coefficient (Wildman–Crippen LogP) is 5.46. The van der Waals surface area contributed by atoms with E-state index in [1.165, 1.54) is 38.1 Å². The highest BCUT2D eigenvalue weighted by Gasteiger charge is 2.25. The van der Waals surface area contributed by atoms with Crippen LogP contribution < -0.4 is 10.0 Å². The molecular formula is C22H28ClFN2O4S. The molecule has 2 amide bonds. The number of anilines is 1. The fraction of sp³-hybridized carbons (Fsp3) is 0.409. The molecule has 2 rings (SSSR count). The number of halogens is 2. The topological polar surface area (TPSA) is 95.5 Å². The molecule has 0 saturated carbocycles. The average Bonchev–Trinajstić information content (AvgIpc) is 2.59. The number of carbonyl (C=O) groups excluding carboxylic acids is 1. The van der Waals surface area contributed by atoms with Crippen LogP contribution in [0.5, 0.6) is 0 Å². The Balaban J connectivity index is 2.42. The molecule has 6 nitrogen and oxygen atoms in total. The highest BCUT2D eigenvalue weighted by molar-refractivity contribution is 7.90. The second-order valence-electron chi connectivity index (χ2n) is 8.53. The first-order valence-corrected chi connectivity index (χ1v) is 11.7. The van der Waals surface area contributed by atoms with Crippen LogP contribution in [0.25, 0.3) is 0 Å². The van der Waals surface area contributed by atoms with E-state index in [1.807, 2.05) is 18.6 Å². The second-order valence-corrected chi connectivity index (χ2v) is 10.6. The quantitative estimate of drug-likeness (QED) is 0.522. The lowest BCUT2D eigenvalue weighted by Gasteiger charge is -2.21. The van der Waals surface area contributed by atoms with E-state index in [0.29, 0.717) is 11.1 Å². The van der Waals surface area contributed by atoms with Crippen LogP contribution >= 0.6 is 11.6 Å². The summed E-state index contributed by atoms with van der Waals surface area (Å²) in [7, 11) is -4.31. The monoisotopic (exact) mass is 470 g/mol. The summed E-state index contributed by atoms with van der Waals surface area (Å²) in [4.78, 5) is 12.3. The summed E-state index contributed by atoms with van der Waals surface area (Å²) < 4.78 is 42.0. The van der Waals surface area contributed by atoms with E-state index in [9.17, 15) is 22.7 Å². The van der Waals surface area contributed by atoms with Crippen molar-refractivity contribution < 1.29 is 22.7 Å². The first-order valence-electron chi connectivity index (χ1n) is 9.83. The van der Waals surface area contributed by atoms with Gasteiger partial charge in [-0.25, -0.2) is 22.3 Å². The van der Waals surface area contributed by atoms with Crippen molar-refractivity contribution in [3.63, 3.8) is 0 Å². The number of hydrogen-bond acceptors (Lipinski definition) is 4. The summed E-state index contributed by atoms with van der Waals surface area (Å²) in [5.41, 5.74) is 0.170. The van der Waals surface area contributed by atoms with Crippen molar-refractivity contribution in [2.45, 2.75) is 63.9 Å². The lowest BCUT2D eigenvalue weighted by atomic mass is 9.92. The number of carbonyl (C=O) groups is 1. The van der Waals surface area contributed by atoms with Gasteiger partial charge in [0.1, 0.15) is 5.82 Å². The molecule has 3 N–H and O–H groups in total. The van der Waals surface area contributed by atoms with Gasteiger partial charge >= 0.3 is 6.03 Å². The van der Waals surface area contributed by atoms with E-state index in [0.717, 1.165) is 0 Å². The number of nitrogens with one attached hydrogen (secondary N) is 2. The fourth-order valence-corrected chi connectivity index (χ4v) is 4.46. The average molecular weight is 471 g/mol. The van der Waals surface area contributed by atoms with E-state index < -0.39 is 27.5 Å². The van der Waals surface area contributed by atoms with Gasteiger partial charge in [-0.2, -0.15) is 0 Å². The minimum Gasteiger partial charge on any atom is -0.386 e. The van der Waals surface area contributed by atoms with Gasteiger partial charge < -0.3 is 10.4 Å². The van der Waals surface area contributed by atoms with Crippen molar-refractivity contribution in [1.29, 1.82) is 0 Å². The lowest BCUT2D eigenvalue weighted by molar-refractivity contribution is 0.0784. The zero-order chi connectivity index (χ0) is 23.7. The Morgan fingerprint density at radius 1 is 1.10 bits per heavy atom. The van der Waals surface area contributed by atoms with Gasteiger partial charge in [0.15, 0.2) is 0 Å². The third-order valence-electron chi connectivity index (χ3n) is 4.78. The minimum absolute atomic E-state index is 0.0349. The van der Waals surface area contributed by atoms with Gasteiger partial charge in [0.2, 0.25) is 0 Å². The van der Waals surface area contributed by atoms with E-state index in [2.05, 4.69) is 5.32 Å². The van der Waals surface area contributed by atoms with Crippen molar-refractivity contribution in [1.82, 2.24) is 4.72 Å². The maximum Gasteiger partial charge on any atom is 0.333 e. The molecule has 0 unspecified atom stereocenters. The van der Waals surface area contributed by atoms with Crippen LogP contribution in [0, 0.1) is 5.82 Å². The number of benzene rings is 2. The van der Waals surface area contributed by atoms with Crippen LogP contribution in [0.4, 0.5) is 14.9 Å². The predicted molar refractivity (Wildman–Crippen MR) is 121 cm³/mol. The van der Waals surface area contributed by atoms with Gasteiger partial charge in [0, 0.05) is 10.6 Å². The number of urea groups is 1. The van der Waals surface area contributed by atoms with Crippen LogP contribution in [0.1, 0.15) is 70.1 Å². The third-order valence-corrected chi connectivity index (χ3v) is 6.31. The SMILES string of the molecule is CC(C)c1ccc(F)c(C(C)C)c1NC(=O)NS(=O)(=O)c1cc(Cl)cc(C(C)(C)O)c1. The molecule has 0 aliphatic rings. The van der Waals surface area contributed by atoms with Crippen molar-refractivity contribution in [2.24, 2.45) is 0 Å². The second kappa shape index (κ2) is 9.14. The molecule has 0 atom stereocenters. The van der Waals surface area contributed by atoms with Gasteiger partial charge in [-0.05, 0) is 61.1 Å². The molecule has 2 aromatic rings. The summed E-state index contributed by atoms with van der Waals surface area (Å²) in [5, 5.41) is 12.8. The summed E-state index contributed by atoms with van der Waals surface area (Å²) >= 11 is 6.01. The Bertz CT molecular complexity index is 1090. The normalized spacial score (nSPS) is 12.4. The lowest BCUT2D eigenvalue weighted by Crippen LogP contribution is -2.35.